The number of urea groups is 1. The summed E-state index contributed by atoms with van der Waals surface area (Å²) in [6, 6.07) is 12.8. The first-order valence-electron chi connectivity index (χ1n) is 11.9. The number of carbonyl (C=O) groups is 2. The minimum Gasteiger partial charge on any atom is -0.494 e. The van der Waals surface area contributed by atoms with Crippen LogP contribution in [-0.4, -0.2) is 46.7 Å². The number of hydrazine groups is 1. The van der Waals surface area contributed by atoms with E-state index in [4.69, 9.17) is 26.2 Å². The summed E-state index contributed by atoms with van der Waals surface area (Å²) in [5.41, 5.74) is 0.207. The van der Waals surface area contributed by atoms with Crippen LogP contribution in [0.4, 0.5) is 29.3 Å². The topological polar surface area (TPSA) is 104 Å². The number of fused-ring (bicyclic) bond motifs is 1. The average molecular weight is 597 g/mol. The highest BCUT2D eigenvalue weighted by molar-refractivity contribution is 7.99. The first kappa shape index (κ1) is 29.2. The zero-order valence-electron chi connectivity index (χ0n) is 21.1. The van der Waals surface area contributed by atoms with Crippen LogP contribution in [0.1, 0.15) is 24.0 Å². The Morgan fingerprint density at radius 2 is 1.93 bits per heavy atom. The summed E-state index contributed by atoms with van der Waals surface area (Å²) >= 11 is 7.11. The lowest BCUT2D eigenvalue weighted by Gasteiger charge is -2.33. The van der Waals surface area contributed by atoms with E-state index in [-0.39, 0.29) is 25.3 Å². The summed E-state index contributed by atoms with van der Waals surface area (Å²) < 4.78 is 50.9. The van der Waals surface area contributed by atoms with E-state index in [0.717, 1.165) is 12.1 Å². The summed E-state index contributed by atoms with van der Waals surface area (Å²) in [6.45, 7) is 0.302. The maximum Gasteiger partial charge on any atom is 0.417 e. The number of nitrogens with one attached hydrogen (secondary N) is 1. The monoisotopic (exact) mass is 596 g/mol. The maximum atomic E-state index is 13.5. The van der Waals surface area contributed by atoms with Crippen molar-refractivity contribution in [2.45, 2.75) is 30.6 Å². The predicted molar refractivity (Wildman–Crippen MR) is 144 cm³/mol. The summed E-state index contributed by atoms with van der Waals surface area (Å²) in [6.07, 6.45) is -4.34. The third-order valence-electron chi connectivity index (χ3n) is 5.73. The molecule has 2 amide bonds. The fraction of sp³-hybridized carbons (Fsp3) is 0.269. The number of thioether (sulfide) groups is 1. The van der Waals surface area contributed by atoms with Crippen molar-refractivity contribution in [1.29, 1.82) is 0 Å². The highest BCUT2D eigenvalue weighted by Gasteiger charge is 2.34. The van der Waals surface area contributed by atoms with Crippen LogP contribution in [-0.2, 0) is 17.5 Å². The third kappa shape index (κ3) is 7.21. The Morgan fingerprint density at radius 1 is 1.18 bits per heavy atom. The number of aliphatic carboxylic acids is 1. The largest absolute Gasteiger partial charge is 0.494 e. The van der Waals surface area contributed by atoms with Gasteiger partial charge in [-0.15, -0.1) is 0 Å². The molecule has 0 fully saturated rings. The van der Waals surface area contributed by atoms with E-state index >= 15 is 0 Å². The SMILES string of the molecule is COc1ccc2c(n1)SCN2N(Cc1ccc(OCCCC(=O)O)cc1)C(=O)Nc1ccc(Cl)c(C(F)(F)F)c1. The van der Waals surface area contributed by atoms with Crippen LogP contribution < -0.4 is 19.8 Å². The smallest absolute Gasteiger partial charge is 0.417 e. The fourth-order valence-corrected chi connectivity index (χ4v) is 5.00. The average Bonchev–Trinajstić information content (AvgIpc) is 3.33. The van der Waals surface area contributed by atoms with Crippen molar-refractivity contribution in [3.63, 3.8) is 0 Å². The van der Waals surface area contributed by atoms with Gasteiger partial charge >= 0.3 is 18.2 Å². The first-order valence-corrected chi connectivity index (χ1v) is 13.3. The van der Waals surface area contributed by atoms with E-state index in [1.807, 2.05) is 0 Å². The molecule has 2 N–H and O–H groups in total. The van der Waals surface area contributed by atoms with Gasteiger partial charge < -0.3 is 19.9 Å². The lowest BCUT2D eigenvalue weighted by Crippen LogP contribution is -2.47. The molecular weight excluding hydrogens is 573 g/mol. The van der Waals surface area contributed by atoms with Gasteiger partial charge in [-0.3, -0.25) is 9.80 Å². The van der Waals surface area contributed by atoms with Gasteiger partial charge in [0.1, 0.15) is 10.8 Å². The quantitative estimate of drug-likeness (QED) is 0.255. The molecule has 4 rings (SSSR count). The molecule has 40 heavy (non-hydrogen) atoms. The minimum absolute atomic E-state index is 0.00368. The lowest BCUT2D eigenvalue weighted by atomic mass is 10.2. The van der Waals surface area contributed by atoms with Crippen LogP contribution in [0.25, 0.3) is 0 Å². The van der Waals surface area contributed by atoms with Gasteiger partial charge in [0.2, 0.25) is 5.88 Å². The molecule has 14 heteroatoms. The number of carboxylic acids is 1. The molecule has 3 aromatic rings. The molecule has 1 aliphatic heterocycles. The fourth-order valence-electron chi connectivity index (χ4n) is 3.78. The van der Waals surface area contributed by atoms with Gasteiger partial charge in [0, 0.05) is 18.2 Å². The number of anilines is 2. The number of carboxylic acid groups (broad SMARTS) is 1. The Kier molecular flexibility index (Phi) is 9.15. The normalized spacial score (nSPS) is 12.6. The number of hydrogen-bond acceptors (Lipinski definition) is 7. The van der Waals surface area contributed by atoms with Gasteiger partial charge in [-0.2, -0.15) is 13.2 Å². The van der Waals surface area contributed by atoms with Crippen LogP contribution >= 0.6 is 23.4 Å². The number of rotatable bonds is 10. The second-order valence-electron chi connectivity index (χ2n) is 8.52. The molecule has 9 nitrogen and oxygen atoms in total. The van der Waals surface area contributed by atoms with Gasteiger partial charge in [0.25, 0.3) is 0 Å². The molecule has 0 aliphatic carbocycles. The predicted octanol–water partition coefficient (Wildman–Crippen LogP) is 6.52. The van der Waals surface area contributed by atoms with Gasteiger partial charge in [-0.1, -0.05) is 35.5 Å². The Bertz CT molecular complexity index is 1380. The van der Waals surface area contributed by atoms with Gasteiger partial charge in [-0.25, -0.2) is 14.8 Å². The van der Waals surface area contributed by atoms with Crippen LogP contribution in [0.2, 0.25) is 5.02 Å². The molecule has 0 unspecified atom stereocenters. The number of carbonyl (C=O) groups excluding carboxylic acids is 1. The van der Waals surface area contributed by atoms with Crippen LogP contribution in [0.15, 0.2) is 59.6 Å². The molecule has 2 aromatic carbocycles. The van der Waals surface area contributed by atoms with Crippen LogP contribution in [0.5, 0.6) is 11.6 Å². The van der Waals surface area contributed by atoms with E-state index in [0.29, 0.717) is 40.2 Å². The van der Waals surface area contributed by atoms with Crippen molar-refractivity contribution in [3.05, 3.63) is 70.7 Å². The Balaban J connectivity index is 1.56. The molecule has 0 saturated carbocycles. The van der Waals surface area contributed by atoms with Crippen molar-refractivity contribution < 1.29 is 37.3 Å². The van der Waals surface area contributed by atoms with E-state index in [1.54, 1.807) is 41.4 Å². The number of nitrogens with zero attached hydrogens (tertiary/aromatic N) is 3. The Hall–Kier alpha value is -3.84. The maximum absolute atomic E-state index is 13.5. The number of pyridine rings is 1. The molecule has 2 heterocycles. The molecule has 0 saturated heterocycles. The van der Waals surface area contributed by atoms with Crippen molar-refractivity contribution in [1.82, 2.24) is 9.99 Å². The molecule has 1 aromatic heterocycles. The van der Waals surface area contributed by atoms with Gasteiger partial charge in [0.15, 0.2) is 0 Å². The molecule has 0 atom stereocenters. The Labute approximate surface area is 236 Å². The van der Waals surface area contributed by atoms with Crippen molar-refractivity contribution in [3.8, 4) is 11.6 Å². The number of hydrogen-bond donors (Lipinski definition) is 2. The van der Waals surface area contributed by atoms with Crippen molar-refractivity contribution in [2.24, 2.45) is 0 Å². The lowest BCUT2D eigenvalue weighted by molar-refractivity contribution is -0.138. The number of alkyl halides is 3. The summed E-state index contributed by atoms with van der Waals surface area (Å²) in [5, 5.41) is 14.5. The second kappa shape index (κ2) is 12.6. The molecule has 0 bridgehead atoms. The van der Waals surface area contributed by atoms with Crippen LogP contribution in [0, 0.1) is 0 Å². The van der Waals surface area contributed by atoms with Crippen molar-refractivity contribution >= 4 is 46.7 Å². The number of benzene rings is 2. The number of amides is 2. The van der Waals surface area contributed by atoms with Gasteiger partial charge in [0.05, 0.1) is 42.4 Å². The van der Waals surface area contributed by atoms with E-state index in [1.165, 1.54) is 29.9 Å². The highest BCUT2D eigenvalue weighted by atomic mass is 35.5. The number of ether oxygens (including phenoxy) is 2. The number of aromatic nitrogens is 1. The zero-order chi connectivity index (χ0) is 28.9. The molecule has 1 aliphatic rings. The summed E-state index contributed by atoms with van der Waals surface area (Å²) in [7, 11) is 1.49. The third-order valence-corrected chi connectivity index (χ3v) is 7.01. The van der Waals surface area contributed by atoms with Gasteiger partial charge in [-0.05, 0) is 48.4 Å². The highest BCUT2D eigenvalue weighted by Crippen LogP contribution is 2.40. The zero-order valence-corrected chi connectivity index (χ0v) is 22.6. The summed E-state index contributed by atoms with van der Waals surface area (Å²) in [5.74, 6) is 0.358. The summed E-state index contributed by atoms with van der Waals surface area (Å²) in [4.78, 5) is 28.6. The molecular formula is C26H24ClF3N4O5S. The standard InChI is InChI=1S/C26H24ClF3N4O5S/c1-38-22-11-10-21-24(32-22)40-15-34(21)33(14-16-4-7-18(8-5-16)39-12-2-3-23(35)36)25(37)31-17-6-9-20(27)19(13-17)26(28,29)30/h4-11,13H,2-3,12,14-15H2,1H3,(H,31,37)(H,35,36). The number of halogens is 4. The van der Waals surface area contributed by atoms with Crippen molar-refractivity contribution in [2.75, 3.05) is 29.9 Å². The van der Waals surface area contributed by atoms with Crippen LogP contribution in [0.3, 0.4) is 0 Å². The molecule has 0 spiro atoms. The van der Waals surface area contributed by atoms with E-state index < -0.39 is 28.8 Å². The molecule has 0 radical (unpaired) electrons. The Morgan fingerprint density at radius 3 is 2.60 bits per heavy atom. The van der Waals surface area contributed by atoms with E-state index in [2.05, 4.69) is 10.3 Å². The minimum atomic E-state index is -4.69. The second-order valence-corrected chi connectivity index (χ2v) is 9.86. The number of methoxy groups -OCH3 is 1. The first-order chi connectivity index (χ1) is 19.0. The molecule has 212 valence electrons. The van der Waals surface area contributed by atoms with E-state index in [9.17, 15) is 22.8 Å².